The van der Waals surface area contributed by atoms with Crippen LogP contribution in [0.15, 0.2) is 65.9 Å². The van der Waals surface area contributed by atoms with Gasteiger partial charge in [-0.05, 0) is 36.6 Å². The fourth-order valence-corrected chi connectivity index (χ4v) is 3.02. The van der Waals surface area contributed by atoms with Crippen molar-refractivity contribution in [2.45, 2.75) is 32.9 Å². The van der Waals surface area contributed by atoms with Crippen LogP contribution in [0.2, 0.25) is 0 Å². The van der Waals surface area contributed by atoms with Crippen LogP contribution >= 0.6 is 0 Å². The number of hydrogen-bond acceptors (Lipinski definition) is 4. The lowest BCUT2D eigenvalue weighted by atomic mass is 9.95. The van der Waals surface area contributed by atoms with Gasteiger partial charge in [0.2, 0.25) is 0 Å². The average Bonchev–Trinajstić information content (AvgIpc) is 2.71. The molecule has 0 spiro atoms. The number of allylic oxidation sites excluding steroid dienone is 1. The van der Waals surface area contributed by atoms with Crippen molar-refractivity contribution >= 4 is 12.0 Å². The third kappa shape index (κ3) is 4.71. The van der Waals surface area contributed by atoms with Crippen molar-refractivity contribution in [1.82, 2.24) is 10.6 Å². The van der Waals surface area contributed by atoms with Gasteiger partial charge in [0.15, 0.2) is 0 Å². The molecule has 1 aliphatic heterocycles. The zero-order valence-electron chi connectivity index (χ0n) is 16.0. The predicted octanol–water partition coefficient (Wildman–Crippen LogP) is 3.85. The van der Waals surface area contributed by atoms with Crippen LogP contribution in [-0.2, 0) is 16.1 Å². The van der Waals surface area contributed by atoms with Gasteiger partial charge >= 0.3 is 12.0 Å². The van der Waals surface area contributed by atoms with Crippen molar-refractivity contribution < 1.29 is 19.1 Å². The second-order valence-corrected chi connectivity index (χ2v) is 6.55. The minimum atomic E-state index is -0.609. The number of hydrogen-bond donors (Lipinski definition) is 2. The Kier molecular flexibility index (Phi) is 6.32. The molecule has 0 aliphatic carbocycles. The Balaban J connectivity index is 1.83. The first-order valence-corrected chi connectivity index (χ1v) is 9.30. The maximum absolute atomic E-state index is 12.8. The van der Waals surface area contributed by atoms with Crippen molar-refractivity contribution in [3.05, 3.63) is 77.0 Å². The first-order chi connectivity index (χ1) is 13.6. The normalized spacial score (nSPS) is 16.2. The Morgan fingerprint density at radius 2 is 1.89 bits per heavy atom. The molecule has 2 N–H and O–H groups in total. The third-order valence-electron chi connectivity index (χ3n) is 4.37. The number of carbonyl (C=O) groups is 2. The smallest absolute Gasteiger partial charge is 0.338 e. The molecule has 0 bridgehead atoms. The van der Waals surface area contributed by atoms with Gasteiger partial charge in [-0.25, -0.2) is 9.59 Å². The number of ether oxygens (including phenoxy) is 2. The van der Waals surface area contributed by atoms with Gasteiger partial charge in [-0.3, -0.25) is 0 Å². The van der Waals surface area contributed by atoms with E-state index in [0.29, 0.717) is 23.6 Å². The van der Waals surface area contributed by atoms with Crippen molar-refractivity contribution in [1.29, 1.82) is 0 Å². The lowest BCUT2D eigenvalue weighted by Crippen LogP contribution is -2.45. The van der Waals surface area contributed by atoms with E-state index in [0.717, 1.165) is 17.5 Å². The quantitative estimate of drug-likeness (QED) is 0.716. The number of nitrogens with one attached hydrogen (secondary N) is 2. The molecule has 0 fully saturated rings. The van der Waals surface area contributed by atoms with Gasteiger partial charge in [-0.2, -0.15) is 0 Å². The molecule has 0 saturated heterocycles. The summed E-state index contributed by atoms with van der Waals surface area (Å²) in [6.45, 7) is 4.49. The van der Waals surface area contributed by atoms with Gasteiger partial charge in [0.25, 0.3) is 0 Å². The van der Waals surface area contributed by atoms with E-state index < -0.39 is 12.0 Å². The molecule has 2 aromatic rings. The molecular formula is C22H24N2O4. The summed E-state index contributed by atoms with van der Waals surface area (Å²) < 4.78 is 11.2. The molecular weight excluding hydrogens is 356 g/mol. The molecule has 6 heteroatoms. The molecule has 146 valence electrons. The van der Waals surface area contributed by atoms with E-state index in [1.165, 1.54) is 0 Å². The van der Waals surface area contributed by atoms with Gasteiger partial charge in [-0.1, -0.05) is 49.4 Å². The minimum Gasteiger partial charge on any atom is -0.494 e. The molecule has 1 atom stereocenters. The third-order valence-corrected chi connectivity index (χ3v) is 4.37. The largest absolute Gasteiger partial charge is 0.494 e. The van der Waals surface area contributed by atoms with Crippen molar-refractivity contribution in [3.63, 3.8) is 0 Å². The highest BCUT2D eigenvalue weighted by molar-refractivity contribution is 5.95. The molecule has 0 radical (unpaired) electrons. The highest BCUT2D eigenvalue weighted by Gasteiger charge is 2.32. The molecule has 1 aliphatic rings. The molecule has 28 heavy (non-hydrogen) atoms. The Morgan fingerprint density at radius 1 is 1.11 bits per heavy atom. The maximum Gasteiger partial charge on any atom is 0.338 e. The van der Waals surface area contributed by atoms with Crippen LogP contribution < -0.4 is 15.4 Å². The number of esters is 1. The summed E-state index contributed by atoms with van der Waals surface area (Å²) in [4.78, 5) is 24.8. The Bertz CT molecular complexity index is 877. The van der Waals surface area contributed by atoms with Gasteiger partial charge < -0.3 is 20.1 Å². The summed E-state index contributed by atoms with van der Waals surface area (Å²) in [6.07, 6.45) is 0.893. The molecule has 3 rings (SSSR count). The molecule has 1 heterocycles. The van der Waals surface area contributed by atoms with E-state index in [-0.39, 0.29) is 12.6 Å². The summed E-state index contributed by atoms with van der Waals surface area (Å²) in [5.41, 5.74) is 2.51. The Morgan fingerprint density at radius 3 is 2.64 bits per heavy atom. The maximum atomic E-state index is 12.8. The minimum absolute atomic E-state index is 0.163. The summed E-state index contributed by atoms with van der Waals surface area (Å²) in [5.74, 6) is 0.223. The van der Waals surface area contributed by atoms with Gasteiger partial charge in [0, 0.05) is 5.70 Å². The highest BCUT2D eigenvalue weighted by atomic mass is 16.5. The molecule has 2 aromatic carbocycles. The number of benzene rings is 2. The summed E-state index contributed by atoms with van der Waals surface area (Å²) in [7, 11) is 0. The Hall–Kier alpha value is -3.28. The summed E-state index contributed by atoms with van der Waals surface area (Å²) in [6, 6.07) is 15.9. The predicted molar refractivity (Wildman–Crippen MR) is 106 cm³/mol. The second-order valence-electron chi connectivity index (χ2n) is 6.55. The summed E-state index contributed by atoms with van der Waals surface area (Å²) >= 11 is 0. The van der Waals surface area contributed by atoms with Crippen LogP contribution in [0.4, 0.5) is 4.79 Å². The number of rotatable bonds is 7. The second kappa shape index (κ2) is 9.08. The standard InChI is InChI=1S/C22H24N2O4/c1-3-12-27-18-11-7-10-17(13-18)20-19(15(2)23-22(26)24-20)21(25)28-14-16-8-5-4-6-9-16/h4-11,13,20H,3,12,14H2,1-2H3,(H2,23,24,26). The van der Waals surface area contributed by atoms with Crippen LogP contribution in [0.5, 0.6) is 5.75 Å². The fourth-order valence-electron chi connectivity index (χ4n) is 3.02. The monoisotopic (exact) mass is 380 g/mol. The van der Waals surface area contributed by atoms with Crippen LogP contribution in [0.3, 0.4) is 0 Å². The zero-order chi connectivity index (χ0) is 19.9. The van der Waals surface area contributed by atoms with E-state index in [2.05, 4.69) is 10.6 Å². The van der Waals surface area contributed by atoms with Gasteiger partial charge in [-0.15, -0.1) is 0 Å². The molecule has 2 amide bonds. The number of urea groups is 1. The lowest BCUT2D eigenvalue weighted by molar-refractivity contribution is -0.140. The van der Waals surface area contributed by atoms with E-state index in [1.807, 2.05) is 61.5 Å². The number of amides is 2. The van der Waals surface area contributed by atoms with Crippen LogP contribution in [0.1, 0.15) is 37.4 Å². The number of carbonyl (C=O) groups excluding carboxylic acids is 2. The summed E-state index contributed by atoms with van der Waals surface area (Å²) in [5, 5.41) is 5.47. The highest BCUT2D eigenvalue weighted by Crippen LogP contribution is 2.30. The molecule has 0 saturated carbocycles. The van der Waals surface area contributed by atoms with Crippen molar-refractivity contribution in [2.75, 3.05) is 6.61 Å². The van der Waals surface area contributed by atoms with Crippen LogP contribution in [0.25, 0.3) is 0 Å². The van der Waals surface area contributed by atoms with Crippen molar-refractivity contribution in [2.24, 2.45) is 0 Å². The molecule has 6 nitrogen and oxygen atoms in total. The van der Waals surface area contributed by atoms with E-state index >= 15 is 0 Å². The lowest BCUT2D eigenvalue weighted by Gasteiger charge is -2.28. The zero-order valence-corrected chi connectivity index (χ0v) is 16.0. The topological polar surface area (TPSA) is 76.7 Å². The fraction of sp³-hybridized carbons (Fsp3) is 0.273. The Labute approximate surface area is 164 Å². The van der Waals surface area contributed by atoms with Crippen molar-refractivity contribution in [3.8, 4) is 5.75 Å². The van der Waals surface area contributed by atoms with Gasteiger partial charge in [0.1, 0.15) is 12.4 Å². The average molecular weight is 380 g/mol. The van der Waals surface area contributed by atoms with Crippen LogP contribution in [0, 0.1) is 0 Å². The first-order valence-electron chi connectivity index (χ1n) is 9.30. The van der Waals surface area contributed by atoms with Gasteiger partial charge in [0.05, 0.1) is 18.2 Å². The molecule has 0 aromatic heterocycles. The molecule has 1 unspecified atom stereocenters. The SMILES string of the molecule is CCCOc1cccc(C2NC(=O)NC(C)=C2C(=O)OCc2ccccc2)c1. The van der Waals surface area contributed by atoms with E-state index in [9.17, 15) is 9.59 Å². The van der Waals surface area contributed by atoms with E-state index in [1.54, 1.807) is 6.92 Å². The van der Waals surface area contributed by atoms with E-state index in [4.69, 9.17) is 9.47 Å². The first kappa shape index (κ1) is 19.5. The van der Waals surface area contributed by atoms with Crippen LogP contribution in [-0.4, -0.2) is 18.6 Å².